The molecule has 0 radical (unpaired) electrons. The first-order valence-electron chi connectivity index (χ1n) is 8.19. The van der Waals surface area contributed by atoms with Gasteiger partial charge in [0.15, 0.2) is 11.5 Å². The van der Waals surface area contributed by atoms with Gasteiger partial charge in [0, 0.05) is 0 Å². The minimum atomic E-state index is -0.457. The van der Waals surface area contributed by atoms with Crippen LogP contribution in [0.4, 0.5) is 0 Å². The summed E-state index contributed by atoms with van der Waals surface area (Å²) in [4.78, 5) is 16.4. The van der Waals surface area contributed by atoms with Gasteiger partial charge in [-0.2, -0.15) is 0 Å². The van der Waals surface area contributed by atoms with Crippen molar-refractivity contribution in [3.8, 4) is 11.5 Å². The molecule has 0 N–H and O–H groups in total. The number of hydrogen-bond donors (Lipinski definition) is 0. The highest BCUT2D eigenvalue weighted by Crippen LogP contribution is 2.38. The molecule has 0 saturated heterocycles. The number of hydrogen-bond acceptors (Lipinski definition) is 5. The van der Waals surface area contributed by atoms with Crippen LogP contribution in [0.1, 0.15) is 25.0 Å². The summed E-state index contributed by atoms with van der Waals surface area (Å²) in [5.41, 5.74) is 2.83. The first kappa shape index (κ1) is 18.2. The number of carbonyl (C=O) groups is 1. The van der Waals surface area contributed by atoms with Gasteiger partial charge in [-0.15, -0.1) is 0 Å². The highest BCUT2D eigenvalue weighted by atomic mass is 79.9. The quantitative estimate of drug-likeness (QED) is 0.504. The first-order valence-corrected chi connectivity index (χ1v) is 8.99. The third-order valence-corrected chi connectivity index (χ3v) is 4.33. The summed E-state index contributed by atoms with van der Waals surface area (Å²) in [6.45, 7) is 4.56. The fourth-order valence-corrected chi connectivity index (χ4v) is 3.06. The van der Waals surface area contributed by atoms with Gasteiger partial charge in [0.2, 0.25) is 0 Å². The van der Waals surface area contributed by atoms with Crippen molar-refractivity contribution in [2.75, 3.05) is 6.61 Å². The maximum atomic E-state index is 11.7. The molecule has 3 rings (SSSR count). The van der Waals surface area contributed by atoms with E-state index in [1.54, 1.807) is 13.0 Å². The molecule has 26 heavy (non-hydrogen) atoms. The van der Waals surface area contributed by atoms with Crippen molar-refractivity contribution >= 4 is 33.7 Å². The molecular formula is C20H18BrNO4. The lowest BCUT2D eigenvalue weighted by Crippen LogP contribution is -2.03. The Hall–Kier alpha value is -2.60. The van der Waals surface area contributed by atoms with E-state index in [0.717, 1.165) is 15.6 Å². The Morgan fingerprint density at radius 2 is 1.96 bits per heavy atom. The van der Waals surface area contributed by atoms with Crippen LogP contribution >= 0.6 is 15.9 Å². The van der Waals surface area contributed by atoms with Crippen molar-refractivity contribution in [2.45, 2.75) is 20.5 Å². The average molecular weight is 416 g/mol. The highest BCUT2D eigenvalue weighted by molar-refractivity contribution is 9.10. The number of benzene rings is 2. The third kappa shape index (κ3) is 4.14. The normalized spacial score (nSPS) is 15.0. The van der Waals surface area contributed by atoms with E-state index in [9.17, 15) is 4.79 Å². The van der Waals surface area contributed by atoms with Gasteiger partial charge in [-0.3, -0.25) is 0 Å². The van der Waals surface area contributed by atoms with Gasteiger partial charge in [0.05, 0.1) is 22.4 Å². The lowest BCUT2D eigenvalue weighted by Gasteiger charge is -2.15. The van der Waals surface area contributed by atoms with E-state index in [1.165, 1.54) is 0 Å². The van der Waals surface area contributed by atoms with Crippen molar-refractivity contribution in [1.82, 2.24) is 0 Å². The zero-order valence-corrected chi connectivity index (χ0v) is 16.1. The lowest BCUT2D eigenvalue weighted by molar-refractivity contribution is -0.136. The van der Waals surface area contributed by atoms with Gasteiger partial charge in [-0.1, -0.05) is 35.5 Å². The predicted molar refractivity (Wildman–Crippen MR) is 103 cm³/mol. The summed E-state index contributed by atoms with van der Waals surface area (Å²) >= 11 is 3.54. The Bertz CT molecular complexity index is 875. The van der Waals surface area contributed by atoms with Crippen LogP contribution < -0.4 is 9.47 Å². The van der Waals surface area contributed by atoms with Crippen molar-refractivity contribution in [2.24, 2.45) is 5.16 Å². The Morgan fingerprint density at radius 1 is 1.19 bits per heavy atom. The molecule has 2 aromatic rings. The molecule has 0 aliphatic carbocycles. The Morgan fingerprint density at radius 3 is 2.62 bits per heavy atom. The van der Waals surface area contributed by atoms with Gasteiger partial charge >= 0.3 is 5.97 Å². The van der Waals surface area contributed by atoms with Crippen LogP contribution in [0, 0.1) is 0 Å². The number of nitrogens with zero attached hydrogens (tertiary/aromatic N) is 1. The fraction of sp³-hybridized carbons (Fsp3) is 0.200. The molecule has 0 unspecified atom stereocenters. The van der Waals surface area contributed by atoms with Crippen molar-refractivity contribution < 1.29 is 19.1 Å². The minimum absolute atomic E-state index is 0.428. The highest BCUT2D eigenvalue weighted by Gasteiger charge is 2.22. The average Bonchev–Trinajstić information content (AvgIpc) is 2.94. The molecule has 0 saturated carbocycles. The summed E-state index contributed by atoms with van der Waals surface area (Å²) in [5.74, 6) is 0.767. The molecule has 0 aromatic heterocycles. The van der Waals surface area contributed by atoms with Crippen LogP contribution in [0.15, 0.2) is 57.7 Å². The largest absolute Gasteiger partial charge is 0.490 e. The molecule has 0 amide bonds. The van der Waals surface area contributed by atoms with Gasteiger partial charge < -0.3 is 14.3 Å². The Balaban J connectivity index is 1.90. The number of rotatable bonds is 6. The molecule has 5 nitrogen and oxygen atoms in total. The second kappa shape index (κ2) is 8.19. The molecule has 2 aromatic carbocycles. The van der Waals surface area contributed by atoms with Crippen LogP contribution in [-0.2, 0) is 16.2 Å². The minimum Gasteiger partial charge on any atom is -0.490 e. The third-order valence-electron chi connectivity index (χ3n) is 3.74. The molecule has 1 aliphatic rings. The van der Waals surface area contributed by atoms with E-state index < -0.39 is 5.97 Å². The molecular weight excluding hydrogens is 398 g/mol. The standard InChI is InChI=1S/C20H18BrNO4/c1-3-24-18-11-15(9-16-13(2)22-26-20(16)23)10-17(21)19(18)25-12-14-7-5-4-6-8-14/h4-11H,3,12H2,1-2H3. The maximum Gasteiger partial charge on any atom is 0.367 e. The van der Waals surface area contributed by atoms with Crippen LogP contribution in [0.5, 0.6) is 11.5 Å². The predicted octanol–water partition coefficient (Wildman–Crippen LogP) is 4.74. The number of ether oxygens (including phenoxy) is 2. The summed E-state index contributed by atoms with van der Waals surface area (Å²) in [5, 5.41) is 3.69. The summed E-state index contributed by atoms with van der Waals surface area (Å²) in [6.07, 6.45) is 1.72. The monoisotopic (exact) mass is 415 g/mol. The number of halogens is 1. The zero-order chi connectivity index (χ0) is 18.5. The van der Waals surface area contributed by atoms with Crippen LogP contribution in [-0.4, -0.2) is 18.3 Å². The van der Waals surface area contributed by atoms with E-state index in [-0.39, 0.29) is 0 Å². The van der Waals surface area contributed by atoms with Gasteiger partial charge in [0.25, 0.3) is 0 Å². The Labute approximate surface area is 160 Å². The zero-order valence-electron chi connectivity index (χ0n) is 14.5. The van der Waals surface area contributed by atoms with E-state index >= 15 is 0 Å². The summed E-state index contributed by atoms with van der Waals surface area (Å²) < 4.78 is 12.4. The Kier molecular flexibility index (Phi) is 5.73. The fourth-order valence-electron chi connectivity index (χ4n) is 2.49. The summed E-state index contributed by atoms with van der Waals surface area (Å²) in [6, 6.07) is 13.6. The number of oxime groups is 1. The van der Waals surface area contributed by atoms with Crippen molar-refractivity contribution in [3.63, 3.8) is 0 Å². The second-order valence-corrected chi connectivity index (χ2v) is 6.51. The molecule has 0 bridgehead atoms. The molecule has 0 atom stereocenters. The van der Waals surface area contributed by atoms with E-state index in [0.29, 0.717) is 36.0 Å². The second-order valence-electron chi connectivity index (χ2n) is 5.65. The molecule has 0 fully saturated rings. The van der Waals surface area contributed by atoms with Crippen molar-refractivity contribution in [1.29, 1.82) is 0 Å². The van der Waals surface area contributed by atoms with Gasteiger partial charge in [-0.05, 0) is 59.1 Å². The molecule has 134 valence electrons. The van der Waals surface area contributed by atoms with Crippen LogP contribution in [0.3, 0.4) is 0 Å². The van der Waals surface area contributed by atoms with Crippen LogP contribution in [0.25, 0.3) is 6.08 Å². The topological polar surface area (TPSA) is 57.1 Å². The molecule has 1 aliphatic heterocycles. The maximum absolute atomic E-state index is 11.7. The van der Waals surface area contributed by atoms with Gasteiger partial charge in [0.1, 0.15) is 6.61 Å². The first-order chi connectivity index (χ1) is 12.6. The molecule has 0 spiro atoms. The SMILES string of the molecule is CCOc1cc(C=C2C(=O)ON=C2C)cc(Br)c1OCc1ccccc1. The van der Waals surface area contributed by atoms with Gasteiger partial charge in [-0.25, -0.2) is 4.79 Å². The summed E-state index contributed by atoms with van der Waals surface area (Å²) in [7, 11) is 0. The van der Waals surface area contributed by atoms with Crippen molar-refractivity contribution in [3.05, 3.63) is 63.6 Å². The van der Waals surface area contributed by atoms with E-state index in [4.69, 9.17) is 9.47 Å². The van der Waals surface area contributed by atoms with E-state index in [1.807, 2.05) is 49.4 Å². The number of carbonyl (C=O) groups excluding carboxylic acids is 1. The molecule has 1 heterocycles. The molecule has 6 heteroatoms. The van der Waals surface area contributed by atoms with Crippen LogP contribution in [0.2, 0.25) is 0 Å². The smallest absolute Gasteiger partial charge is 0.367 e. The lowest BCUT2D eigenvalue weighted by atomic mass is 10.1. The van der Waals surface area contributed by atoms with E-state index in [2.05, 4.69) is 25.9 Å².